The second-order valence-electron chi connectivity index (χ2n) is 10.1. The van der Waals surface area contributed by atoms with Crippen LogP contribution in [-0.4, -0.2) is 36.2 Å². The van der Waals surface area contributed by atoms with Crippen LogP contribution in [-0.2, 0) is 0 Å². The minimum Gasteiger partial charge on any atom is -0.266 e. The van der Waals surface area contributed by atoms with Crippen LogP contribution in [0.25, 0.3) is 22.5 Å². The van der Waals surface area contributed by atoms with Gasteiger partial charge in [0.25, 0.3) is 0 Å². The highest BCUT2D eigenvalue weighted by Crippen LogP contribution is 2.28. The van der Waals surface area contributed by atoms with Crippen molar-refractivity contribution in [3.8, 4) is 22.5 Å². The first kappa shape index (κ1) is 23.9. The quantitative estimate of drug-likeness (QED) is 0.255. The molecule has 3 heterocycles. The third kappa shape index (κ3) is 4.41. The molecule has 0 aliphatic rings. The summed E-state index contributed by atoms with van der Waals surface area (Å²) in [6.45, 7) is 13.0. The third-order valence-corrected chi connectivity index (χ3v) is 6.55. The van der Waals surface area contributed by atoms with Crippen LogP contribution in [0.2, 0.25) is 0 Å². The normalized spacial score (nSPS) is 11.6. The number of hydrogen-bond donors (Lipinski definition) is 0. The monoisotopic (exact) mass is 476 g/mol. The number of nitrogens with zero attached hydrogens (tertiary/aromatic N) is 6. The molecule has 0 bridgehead atoms. The number of hydrogen-bond acceptors (Lipinski definition) is 3. The Bertz CT molecular complexity index is 1370. The Morgan fingerprint density at radius 3 is 1.39 bits per heavy atom. The molecule has 3 aromatic heterocycles. The lowest BCUT2D eigenvalue weighted by atomic mass is 9.90. The van der Waals surface area contributed by atoms with Crippen molar-refractivity contribution < 1.29 is 0 Å². The predicted molar refractivity (Wildman–Crippen MR) is 147 cm³/mol. The van der Waals surface area contributed by atoms with Gasteiger partial charge in [-0.05, 0) is 43.9 Å². The fourth-order valence-electron chi connectivity index (χ4n) is 4.74. The van der Waals surface area contributed by atoms with Crippen molar-refractivity contribution in [2.24, 2.45) is 0 Å². The Morgan fingerprint density at radius 1 is 0.583 bits per heavy atom. The largest absolute Gasteiger partial charge is 0.569 e. The van der Waals surface area contributed by atoms with Gasteiger partial charge in [-0.2, -0.15) is 15.3 Å². The molecule has 0 saturated heterocycles. The van der Waals surface area contributed by atoms with E-state index < -0.39 is 0 Å². The molecule has 0 unspecified atom stereocenters. The van der Waals surface area contributed by atoms with Crippen molar-refractivity contribution in [3.63, 3.8) is 0 Å². The van der Waals surface area contributed by atoms with Crippen molar-refractivity contribution in [2.45, 2.75) is 53.4 Å². The van der Waals surface area contributed by atoms with Crippen molar-refractivity contribution in [1.82, 2.24) is 29.1 Å². The molecule has 7 heteroatoms. The van der Waals surface area contributed by atoms with Crippen LogP contribution in [0.3, 0.4) is 0 Å². The van der Waals surface area contributed by atoms with Gasteiger partial charge in [-0.15, -0.1) is 0 Å². The Balaban J connectivity index is 1.77. The molecule has 0 saturated carbocycles. The van der Waals surface area contributed by atoms with Crippen molar-refractivity contribution >= 4 is 7.12 Å². The zero-order valence-electron chi connectivity index (χ0n) is 21.9. The number of aromatic nitrogens is 6. The molecule has 0 fully saturated rings. The molecule has 5 aromatic rings. The van der Waals surface area contributed by atoms with Crippen LogP contribution in [0.5, 0.6) is 0 Å². The molecule has 6 nitrogen and oxygen atoms in total. The van der Waals surface area contributed by atoms with Crippen molar-refractivity contribution in [1.29, 1.82) is 0 Å². The summed E-state index contributed by atoms with van der Waals surface area (Å²) in [7, 11) is -0.372. The highest BCUT2D eigenvalue weighted by molar-refractivity contribution is 6.53. The Kier molecular flexibility index (Phi) is 6.39. The molecular formula is C29H33BN6. The molecule has 0 amide bonds. The maximum absolute atomic E-state index is 5.18. The molecule has 0 N–H and O–H groups in total. The van der Waals surface area contributed by atoms with Gasteiger partial charge in [0.15, 0.2) is 0 Å². The highest BCUT2D eigenvalue weighted by Gasteiger charge is 2.35. The van der Waals surface area contributed by atoms with Crippen LogP contribution in [0.4, 0.5) is 0 Å². The molecule has 5 rings (SSSR count). The van der Waals surface area contributed by atoms with E-state index >= 15 is 0 Å². The van der Waals surface area contributed by atoms with Gasteiger partial charge in [0.1, 0.15) is 0 Å². The molecule has 182 valence electrons. The second kappa shape index (κ2) is 9.65. The summed E-state index contributed by atoms with van der Waals surface area (Å²) in [6.07, 6.45) is 0. The van der Waals surface area contributed by atoms with Gasteiger partial charge < -0.3 is 0 Å². The first-order valence-electron chi connectivity index (χ1n) is 12.7. The zero-order valence-corrected chi connectivity index (χ0v) is 21.9. The smallest absolute Gasteiger partial charge is 0.266 e. The van der Waals surface area contributed by atoms with E-state index in [0.717, 1.165) is 45.3 Å². The molecule has 2 aromatic carbocycles. The summed E-state index contributed by atoms with van der Waals surface area (Å²) in [5, 5.41) is 15.3. The topological polar surface area (TPSA) is 53.5 Å². The SMILES string of the molecule is Cc1cc(C)n(B(n2nc(-c3ccccc3)cc2C(C)C)n2nc(-c3ccccc3)cc2C(C)C)n1. The van der Waals surface area contributed by atoms with Crippen LogP contribution in [0, 0.1) is 13.8 Å². The fraction of sp³-hybridized carbons (Fsp3) is 0.276. The number of aryl methyl sites for hydroxylation is 2. The molecule has 0 radical (unpaired) electrons. The van der Waals surface area contributed by atoms with E-state index in [-0.39, 0.29) is 19.0 Å². The summed E-state index contributed by atoms with van der Waals surface area (Å²) in [5.74, 6) is 0.530. The van der Waals surface area contributed by atoms with E-state index in [1.54, 1.807) is 0 Å². The first-order valence-corrected chi connectivity index (χ1v) is 12.7. The maximum Gasteiger partial charge on any atom is 0.569 e. The summed E-state index contributed by atoms with van der Waals surface area (Å²) >= 11 is 0. The lowest BCUT2D eigenvalue weighted by molar-refractivity contribution is 0.679. The predicted octanol–water partition coefficient (Wildman–Crippen LogP) is 6.40. The van der Waals surface area contributed by atoms with Crippen LogP contribution in [0.1, 0.15) is 62.3 Å². The van der Waals surface area contributed by atoms with Crippen LogP contribution < -0.4 is 0 Å². The molecular weight excluding hydrogens is 443 g/mol. The van der Waals surface area contributed by atoms with E-state index in [9.17, 15) is 0 Å². The summed E-state index contributed by atoms with van der Waals surface area (Å²) < 4.78 is 6.27. The minimum absolute atomic E-state index is 0.265. The molecule has 0 atom stereocenters. The van der Waals surface area contributed by atoms with Crippen LogP contribution in [0.15, 0.2) is 78.9 Å². The average molecular weight is 476 g/mol. The second-order valence-corrected chi connectivity index (χ2v) is 10.1. The molecule has 0 spiro atoms. The van der Waals surface area contributed by atoms with E-state index in [4.69, 9.17) is 15.3 Å². The molecule has 0 aliphatic carbocycles. The lowest BCUT2D eigenvalue weighted by Gasteiger charge is -2.22. The summed E-state index contributed by atoms with van der Waals surface area (Å²) in [6, 6.07) is 27.2. The summed E-state index contributed by atoms with van der Waals surface area (Å²) in [4.78, 5) is 0. The highest BCUT2D eigenvalue weighted by atomic mass is 15.5. The van der Waals surface area contributed by atoms with E-state index in [0.29, 0.717) is 0 Å². The number of rotatable bonds is 7. The van der Waals surface area contributed by atoms with Gasteiger partial charge in [0.2, 0.25) is 0 Å². The van der Waals surface area contributed by atoms with Gasteiger partial charge in [-0.3, -0.25) is 13.8 Å². The van der Waals surface area contributed by atoms with Gasteiger partial charge in [0, 0.05) is 28.2 Å². The number of benzene rings is 2. The van der Waals surface area contributed by atoms with Gasteiger partial charge in [-0.1, -0.05) is 88.4 Å². The standard InChI is InChI=1S/C29H33BN6/c1-20(2)28-18-26(24-13-9-7-10-14-24)32-35(28)30(34-23(6)17-22(5)31-34)36-29(21(3)4)19-27(33-36)25-15-11-8-12-16-25/h7-21H,1-6H3. The maximum atomic E-state index is 5.18. The van der Waals surface area contributed by atoms with Crippen LogP contribution >= 0.6 is 0 Å². The molecule has 0 aliphatic heterocycles. The van der Waals surface area contributed by atoms with Crippen molar-refractivity contribution in [3.05, 3.63) is 102 Å². The Labute approximate surface area is 213 Å². The van der Waals surface area contributed by atoms with Crippen molar-refractivity contribution in [2.75, 3.05) is 0 Å². The Morgan fingerprint density at radius 2 is 1.03 bits per heavy atom. The third-order valence-electron chi connectivity index (χ3n) is 6.55. The van der Waals surface area contributed by atoms with Gasteiger partial charge in [-0.25, -0.2) is 0 Å². The first-order chi connectivity index (χ1) is 17.3. The van der Waals surface area contributed by atoms with E-state index in [1.165, 1.54) is 0 Å². The Hall–Kier alpha value is -3.87. The van der Waals surface area contributed by atoms with Gasteiger partial charge >= 0.3 is 7.12 Å². The lowest BCUT2D eigenvalue weighted by Crippen LogP contribution is -2.46. The summed E-state index contributed by atoms with van der Waals surface area (Å²) in [5.41, 5.74) is 8.41. The molecule has 36 heavy (non-hydrogen) atoms. The zero-order chi connectivity index (χ0) is 25.4. The van der Waals surface area contributed by atoms with E-state index in [1.807, 2.05) is 19.1 Å². The minimum atomic E-state index is -0.372. The van der Waals surface area contributed by atoms with Gasteiger partial charge in [0.05, 0.1) is 17.1 Å². The average Bonchev–Trinajstić information content (AvgIpc) is 3.58. The fourth-order valence-corrected chi connectivity index (χ4v) is 4.74. The van der Waals surface area contributed by atoms with E-state index in [2.05, 4.69) is 115 Å².